The highest BCUT2D eigenvalue weighted by Crippen LogP contribution is 2.12. The molecule has 1 heterocycles. The maximum absolute atomic E-state index is 2.58. The van der Waals surface area contributed by atoms with Crippen molar-refractivity contribution < 1.29 is 0 Å². The van der Waals surface area contributed by atoms with E-state index in [0.717, 1.165) is 0 Å². The van der Waals surface area contributed by atoms with Crippen molar-refractivity contribution in [3.8, 4) is 0 Å². The Balaban J connectivity index is 2.31. The molecule has 0 aromatic carbocycles. The fourth-order valence-electron chi connectivity index (χ4n) is 1.62. The molecule has 0 bridgehead atoms. The molecular formula is C9H19NSi. The van der Waals surface area contributed by atoms with Gasteiger partial charge in [-0.2, -0.15) is 0 Å². The summed E-state index contributed by atoms with van der Waals surface area (Å²) in [5.41, 5.74) is 2.44. The largest absolute Gasteiger partial charge is 0.306 e. The van der Waals surface area contributed by atoms with E-state index in [0.29, 0.717) is 0 Å². The van der Waals surface area contributed by atoms with Crippen molar-refractivity contribution in [1.82, 2.24) is 4.90 Å². The zero-order valence-electron chi connectivity index (χ0n) is 7.93. The Morgan fingerprint density at radius 3 is 2.36 bits per heavy atom. The maximum Gasteiger partial charge on any atom is 0.0857 e. The van der Waals surface area contributed by atoms with Gasteiger partial charge >= 0.3 is 0 Å². The Morgan fingerprint density at radius 2 is 2.00 bits per heavy atom. The normalized spacial score (nSPS) is 20.6. The van der Waals surface area contributed by atoms with Crippen LogP contribution in [-0.2, 0) is 0 Å². The molecule has 0 aliphatic carbocycles. The average Bonchev–Trinajstić information content (AvgIpc) is 1.79. The van der Waals surface area contributed by atoms with Gasteiger partial charge in [-0.1, -0.05) is 24.9 Å². The summed E-state index contributed by atoms with van der Waals surface area (Å²) < 4.78 is 0. The summed E-state index contributed by atoms with van der Waals surface area (Å²) >= 11 is 0. The maximum atomic E-state index is 2.58. The summed E-state index contributed by atoms with van der Waals surface area (Å²) in [5, 5.41) is 0. The highest BCUT2D eigenvalue weighted by molar-refractivity contribution is 6.82. The monoisotopic (exact) mass is 169 g/mol. The lowest BCUT2D eigenvalue weighted by atomic mass is 10.2. The van der Waals surface area contributed by atoms with E-state index in [1.807, 2.05) is 0 Å². The van der Waals surface area contributed by atoms with Crippen LogP contribution in [0.1, 0.15) is 13.3 Å². The van der Waals surface area contributed by atoms with Crippen molar-refractivity contribution in [2.75, 3.05) is 19.3 Å². The molecule has 1 aliphatic rings. The van der Waals surface area contributed by atoms with E-state index in [4.69, 9.17) is 0 Å². The first-order valence-corrected chi connectivity index (χ1v) is 7.79. The number of hydrogen-bond acceptors (Lipinski definition) is 1. The SMILES string of the molecule is CC=C[Si](C)(C)CN1CCC1. The Labute approximate surface area is 71.1 Å². The highest BCUT2D eigenvalue weighted by Gasteiger charge is 2.23. The third kappa shape index (κ3) is 2.79. The van der Waals surface area contributed by atoms with Gasteiger partial charge in [-0.05, 0) is 32.6 Å². The minimum Gasteiger partial charge on any atom is -0.306 e. The Hall–Kier alpha value is -0.0831. The first-order valence-electron chi connectivity index (χ1n) is 4.50. The van der Waals surface area contributed by atoms with Crippen LogP contribution >= 0.6 is 0 Å². The van der Waals surface area contributed by atoms with Crippen LogP contribution in [-0.4, -0.2) is 32.2 Å². The third-order valence-electron chi connectivity index (χ3n) is 2.20. The molecule has 0 aromatic rings. The van der Waals surface area contributed by atoms with Crippen LogP contribution in [0.4, 0.5) is 0 Å². The van der Waals surface area contributed by atoms with Gasteiger partial charge in [0.2, 0.25) is 0 Å². The van der Waals surface area contributed by atoms with E-state index in [9.17, 15) is 0 Å². The molecule has 1 saturated heterocycles. The molecule has 0 atom stereocenters. The van der Waals surface area contributed by atoms with E-state index in [1.54, 1.807) is 0 Å². The fraction of sp³-hybridized carbons (Fsp3) is 0.778. The Kier molecular flexibility index (Phi) is 2.90. The van der Waals surface area contributed by atoms with Gasteiger partial charge in [0.1, 0.15) is 0 Å². The molecule has 11 heavy (non-hydrogen) atoms. The van der Waals surface area contributed by atoms with Crippen LogP contribution in [0.5, 0.6) is 0 Å². The van der Waals surface area contributed by atoms with Crippen molar-refractivity contribution >= 4 is 8.07 Å². The average molecular weight is 169 g/mol. The minimum atomic E-state index is -0.991. The number of rotatable bonds is 3. The summed E-state index contributed by atoms with van der Waals surface area (Å²) in [6.07, 6.45) is 4.99. The van der Waals surface area contributed by atoms with Crippen molar-refractivity contribution in [2.45, 2.75) is 26.4 Å². The van der Waals surface area contributed by atoms with Gasteiger partial charge in [-0.25, -0.2) is 0 Å². The van der Waals surface area contributed by atoms with Gasteiger partial charge in [0.15, 0.2) is 0 Å². The molecule has 0 saturated carbocycles. The molecule has 0 aromatic heterocycles. The van der Waals surface area contributed by atoms with Crippen molar-refractivity contribution in [3.63, 3.8) is 0 Å². The van der Waals surface area contributed by atoms with Crippen LogP contribution in [0.15, 0.2) is 11.8 Å². The van der Waals surface area contributed by atoms with E-state index in [2.05, 4.69) is 36.7 Å². The number of nitrogens with zero attached hydrogens (tertiary/aromatic N) is 1. The van der Waals surface area contributed by atoms with E-state index in [-0.39, 0.29) is 0 Å². The van der Waals surface area contributed by atoms with Gasteiger partial charge < -0.3 is 4.90 Å². The van der Waals surface area contributed by atoms with Gasteiger partial charge in [-0.3, -0.25) is 0 Å². The lowest BCUT2D eigenvalue weighted by Crippen LogP contribution is -2.47. The molecule has 1 nitrogen and oxygen atoms in total. The second-order valence-electron chi connectivity index (χ2n) is 4.12. The zero-order chi connectivity index (χ0) is 8.32. The van der Waals surface area contributed by atoms with E-state index in [1.165, 1.54) is 25.7 Å². The first-order chi connectivity index (χ1) is 5.14. The second-order valence-corrected chi connectivity index (χ2v) is 8.75. The Bertz CT molecular complexity index is 148. The number of hydrogen-bond donors (Lipinski definition) is 0. The van der Waals surface area contributed by atoms with E-state index < -0.39 is 8.07 Å². The van der Waals surface area contributed by atoms with Gasteiger partial charge in [-0.15, -0.1) is 0 Å². The number of likely N-dealkylation sites (tertiary alicyclic amines) is 1. The first kappa shape index (κ1) is 9.01. The minimum absolute atomic E-state index is 0.991. The molecule has 1 aliphatic heterocycles. The van der Waals surface area contributed by atoms with Crippen molar-refractivity contribution in [3.05, 3.63) is 11.8 Å². The summed E-state index contributed by atoms with van der Waals surface area (Å²) in [5.74, 6) is 0. The fourth-order valence-corrected chi connectivity index (χ4v) is 4.10. The molecule has 1 rings (SSSR count). The second kappa shape index (κ2) is 3.54. The standard InChI is InChI=1S/C9H19NSi/c1-4-8-11(2,3)9-10-6-5-7-10/h4,8H,5-7,9H2,1-3H3. The van der Waals surface area contributed by atoms with Crippen molar-refractivity contribution in [2.24, 2.45) is 0 Å². The summed E-state index contributed by atoms with van der Waals surface area (Å²) in [6, 6.07) is 0. The van der Waals surface area contributed by atoms with Crippen molar-refractivity contribution in [1.29, 1.82) is 0 Å². The molecule has 0 unspecified atom stereocenters. The molecule has 2 heteroatoms. The van der Waals surface area contributed by atoms with E-state index >= 15 is 0 Å². The molecule has 1 fully saturated rings. The van der Waals surface area contributed by atoms with Crippen LogP contribution in [0, 0.1) is 0 Å². The van der Waals surface area contributed by atoms with Gasteiger partial charge in [0, 0.05) is 0 Å². The van der Waals surface area contributed by atoms with Crippen LogP contribution in [0.2, 0.25) is 13.1 Å². The summed E-state index contributed by atoms with van der Waals surface area (Å²) in [4.78, 5) is 2.58. The Morgan fingerprint density at radius 1 is 1.36 bits per heavy atom. The van der Waals surface area contributed by atoms with Crippen LogP contribution in [0.3, 0.4) is 0 Å². The van der Waals surface area contributed by atoms with Gasteiger partial charge in [0.05, 0.1) is 8.07 Å². The number of allylic oxidation sites excluding steroid dienone is 1. The topological polar surface area (TPSA) is 3.24 Å². The molecular weight excluding hydrogens is 150 g/mol. The van der Waals surface area contributed by atoms with Crippen LogP contribution in [0.25, 0.3) is 0 Å². The van der Waals surface area contributed by atoms with Crippen LogP contribution < -0.4 is 0 Å². The highest BCUT2D eigenvalue weighted by atomic mass is 28.3. The molecule has 0 N–H and O–H groups in total. The molecule has 0 amide bonds. The zero-order valence-corrected chi connectivity index (χ0v) is 8.93. The third-order valence-corrected chi connectivity index (χ3v) is 4.70. The predicted octanol–water partition coefficient (Wildman–Crippen LogP) is 2.05. The quantitative estimate of drug-likeness (QED) is 0.585. The molecule has 0 spiro atoms. The summed E-state index contributed by atoms with van der Waals surface area (Å²) in [7, 11) is -0.991. The lowest BCUT2D eigenvalue weighted by molar-refractivity contribution is 0.211. The summed E-state index contributed by atoms with van der Waals surface area (Å²) in [6.45, 7) is 9.68. The molecule has 0 radical (unpaired) electrons. The van der Waals surface area contributed by atoms with Gasteiger partial charge in [0.25, 0.3) is 0 Å². The lowest BCUT2D eigenvalue weighted by Gasteiger charge is -2.35. The smallest absolute Gasteiger partial charge is 0.0857 e. The predicted molar refractivity (Wildman–Crippen MR) is 53.4 cm³/mol. The molecule has 64 valence electrons.